The number of rotatable bonds is 5. The van der Waals surface area contributed by atoms with E-state index in [1.807, 2.05) is 48.2 Å². The van der Waals surface area contributed by atoms with Gasteiger partial charge in [-0.2, -0.15) is 13.2 Å². The minimum Gasteiger partial charge on any atom is -0.377 e. The van der Waals surface area contributed by atoms with Gasteiger partial charge in [0, 0.05) is 32.9 Å². The minimum atomic E-state index is -4.35. The lowest BCUT2D eigenvalue weighted by molar-refractivity contribution is -0.159. The summed E-state index contributed by atoms with van der Waals surface area (Å²) in [6, 6.07) is 7.31. The Morgan fingerprint density at radius 1 is 1.22 bits per heavy atom. The van der Waals surface area contributed by atoms with Gasteiger partial charge in [-0.3, -0.25) is 9.69 Å². The van der Waals surface area contributed by atoms with Crippen molar-refractivity contribution in [3.63, 3.8) is 0 Å². The van der Waals surface area contributed by atoms with Crippen molar-refractivity contribution in [2.45, 2.75) is 25.2 Å². The Kier molecular flexibility index (Phi) is 5.19. The number of alkyl halides is 3. The van der Waals surface area contributed by atoms with Gasteiger partial charge < -0.3 is 9.80 Å². The fourth-order valence-electron chi connectivity index (χ4n) is 2.96. The number of hydrogen-bond acceptors (Lipinski definition) is 3. The summed E-state index contributed by atoms with van der Waals surface area (Å²) in [6.45, 7) is -0.488. The first-order valence-electron chi connectivity index (χ1n) is 7.50. The van der Waals surface area contributed by atoms with E-state index in [9.17, 15) is 18.0 Å². The second-order valence-electron chi connectivity index (χ2n) is 6.12. The molecule has 1 aromatic carbocycles. The Hall–Kier alpha value is -1.76. The summed E-state index contributed by atoms with van der Waals surface area (Å²) in [6.07, 6.45) is -3.92. The second kappa shape index (κ2) is 6.78. The summed E-state index contributed by atoms with van der Waals surface area (Å²) < 4.78 is 37.5. The molecule has 1 aliphatic heterocycles. The van der Waals surface area contributed by atoms with Crippen LogP contribution in [0.2, 0.25) is 0 Å². The number of benzene rings is 1. The monoisotopic (exact) mass is 329 g/mol. The molecule has 4 nitrogen and oxygen atoms in total. The molecule has 128 valence electrons. The number of likely N-dealkylation sites (N-methyl/N-ethyl adjacent to an activating group) is 1. The second-order valence-corrected chi connectivity index (χ2v) is 6.12. The van der Waals surface area contributed by atoms with Crippen LogP contribution < -0.4 is 4.90 Å². The number of amides is 1. The molecule has 7 heteroatoms. The van der Waals surface area contributed by atoms with Gasteiger partial charge in [-0.15, -0.1) is 0 Å². The predicted octanol–water partition coefficient (Wildman–Crippen LogP) is 2.35. The van der Waals surface area contributed by atoms with Crippen LogP contribution in [0, 0.1) is 0 Å². The van der Waals surface area contributed by atoms with E-state index < -0.39 is 24.7 Å². The maximum absolute atomic E-state index is 12.5. The lowest BCUT2D eigenvalue weighted by Crippen LogP contribution is -2.42. The molecule has 0 spiro atoms. The average molecular weight is 329 g/mol. The van der Waals surface area contributed by atoms with Crippen molar-refractivity contribution in [3.05, 3.63) is 29.8 Å². The standard InChI is InChI=1S/C16H22F3N3O/c1-20(2)13-7-5-4-6-12(13)10-21(3)14-8-9-22(15(14)23)11-16(17,18)19/h4-7,14H,8-11H2,1-3H3/t14-/m1/s1. The number of carbonyl (C=O) groups is 1. The summed E-state index contributed by atoms with van der Waals surface area (Å²) >= 11 is 0. The van der Waals surface area contributed by atoms with E-state index >= 15 is 0 Å². The van der Waals surface area contributed by atoms with E-state index in [0.717, 1.165) is 16.2 Å². The van der Waals surface area contributed by atoms with Crippen LogP contribution in [0.1, 0.15) is 12.0 Å². The first-order chi connectivity index (χ1) is 10.7. The van der Waals surface area contributed by atoms with Gasteiger partial charge in [0.25, 0.3) is 0 Å². The smallest absolute Gasteiger partial charge is 0.377 e. The summed E-state index contributed by atoms with van der Waals surface area (Å²) in [5.74, 6) is -0.438. The van der Waals surface area contributed by atoms with Crippen LogP contribution in [0.15, 0.2) is 24.3 Å². The highest BCUT2D eigenvalue weighted by atomic mass is 19.4. The van der Waals surface area contributed by atoms with E-state index in [0.29, 0.717) is 13.0 Å². The molecule has 0 saturated carbocycles. The van der Waals surface area contributed by atoms with Crippen molar-refractivity contribution in [2.75, 3.05) is 39.1 Å². The molecule has 0 aliphatic carbocycles. The SMILES string of the molecule is CN(C)c1ccccc1CN(C)[C@@H]1CCN(CC(F)(F)F)C1=O. The van der Waals surface area contributed by atoms with Crippen molar-refractivity contribution in [1.29, 1.82) is 0 Å². The van der Waals surface area contributed by atoms with Crippen LogP contribution in [0.3, 0.4) is 0 Å². The number of para-hydroxylation sites is 1. The summed E-state index contributed by atoms with van der Waals surface area (Å²) in [7, 11) is 5.65. The third-order valence-corrected chi connectivity index (χ3v) is 4.06. The lowest BCUT2D eigenvalue weighted by atomic mass is 10.1. The predicted molar refractivity (Wildman–Crippen MR) is 83.3 cm³/mol. The lowest BCUT2D eigenvalue weighted by Gasteiger charge is -2.26. The van der Waals surface area contributed by atoms with Crippen LogP contribution in [0.5, 0.6) is 0 Å². The number of halogens is 3. The molecular formula is C16H22F3N3O. The van der Waals surface area contributed by atoms with Crippen molar-refractivity contribution < 1.29 is 18.0 Å². The van der Waals surface area contributed by atoms with E-state index in [-0.39, 0.29) is 6.54 Å². The van der Waals surface area contributed by atoms with Gasteiger partial charge >= 0.3 is 6.18 Å². The average Bonchev–Trinajstić information content (AvgIpc) is 2.78. The topological polar surface area (TPSA) is 26.8 Å². The Morgan fingerprint density at radius 2 is 1.87 bits per heavy atom. The molecule has 0 unspecified atom stereocenters. The number of likely N-dealkylation sites (tertiary alicyclic amines) is 1. The number of carbonyl (C=O) groups excluding carboxylic acids is 1. The number of nitrogens with zero attached hydrogens (tertiary/aromatic N) is 3. The number of anilines is 1. The summed E-state index contributed by atoms with van der Waals surface area (Å²) in [5.41, 5.74) is 2.08. The summed E-state index contributed by atoms with van der Waals surface area (Å²) in [4.78, 5) is 16.9. The van der Waals surface area contributed by atoms with Gasteiger partial charge in [0.1, 0.15) is 6.54 Å². The highest BCUT2D eigenvalue weighted by Gasteiger charge is 2.40. The zero-order valence-corrected chi connectivity index (χ0v) is 13.6. The first kappa shape index (κ1) is 17.6. The molecule has 2 rings (SSSR count). The molecule has 1 heterocycles. The van der Waals surface area contributed by atoms with E-state index in [1.165, 1.54) is 0 Å². The van der Waals surface area contributed by atoms with Gasteiger partial charge in [-0.05, 0) is 25.1 Å². The van der Waals surface area contributed by atoms with E-state index in [2.05, 4.69) is 0 Å². The van der Waals surface area contributed by atoms with Crippen LogP contribution >= 0.6 is 0 Å². The fourth-order valence-corrected chi connectivity index (χ4v) is 2.96. The van der Waals surface area contributed by atoms with Gasteiger partial charge in [-0.25, -0.2) is 0 Å². The van der Waals surface area contributed by atoms with Crippen molar-refractivity contribution >= 4 is 11.6 Å². The molecule has 0 aromatic heterocycles. The molecule has 23 heavy (non-hydrogen) atoms. The normalized spacial score (nSPS) is 18.8. The highest BCUT2D eigenvalue weighted by molar-refractivity contribution is 5.84. The molecular weight excluding hydrogens is 307 g/mol. The van der Waals surface area contributed by atoms with Crippen molar-refractivity contribution in [2.24, 2.45) is 0 Å². The zero-order chi connectivity index (χ0) is 17.2. The van der Waals surface area contributed by atoms with Crippen LogP contribution in [0.4, 0.5) is 18.9 Å². The van der Waals surface area contributed by atoms with Crippen LogP contribution in [-0.2, 0) is 11.3 Å². The molecule has 1 aromatic rings. The molecule has 0 N–H and O–H groups in total. The van der Waals surface area contributed by atoms with Crippen molar-refractivity contribution in [3.8, 4) is 0 Å². The number of hydrogen-bond donors (Lipinski definition) is 0. The molecule has 1 atom stereocenters. The highest BCUT2D eigenvalue weighted by Crippen LogP contribution is 2.25. The van der Waals surface area contributed by atoms with Gasteiger partial charge in [0.2, 0.25) is 5.91 Å². The summed E-state index contributed by atoms with van der Waals surface area (Å²) in [5, 5.41) is 0. The molecule has 0 bridgehead atoms. The Bertz CT molecular complexity index is 560. The Labute approximate surface area is 134 Å². The zero-order valence-electron chi connectivity index (χ0n) is 13.6. The molecule has 1 fully saturated rings. The van der Waals surface area contributed by atoms with Gasteiger partial charge in [0.05, 0.1) is 6.04 Å². The minimum absolute atomic E-state index is 0.155. The van der Waals surface area contributed by atoms with E-state index in [4.69, 9.17) is 0 Å². The quantitative estimate of drug-likeness (QED) is 0.830. The van der Waals surface area contributed by atoms with Gasteiger partial charge in [0.15, 0.2) is 0 Å². The third kappa shape index (κ3) is 4.37. The first-order valence-corrected chi connectivity index (χ1v) is 7.50. The molecule has 1 aliphatic rings. The third-order valence-electron chi connectivity index (χ3n) is 4.06. The molecule has 0 radical (unpaired) electrons. The van der Waals surface area contributed by atoms with Crippen LogP contribution in [-0.4, -0.2) is 62.2 Å². The van der Waals surface area contributed by atoms with Gasteiger partial charge in [-0.1, -0.05) is 18.2 Å². The Balaban J connectivity index is 2.05. The van der Waals surface area contributed by atoms with Crippen LogP contribution in [0.25, 0.3) is 0 Å². The Morgan fingerprint density at radius 3 is 2.48 bits per heavy atom. The van der Waals surface area contributed by atoms with E-state index in [1.54, 1.807) is 7.05 Å². The fraction of sp³-hybridized carbons (Fsp3) is 0.562. The van der Waals surface area contributed by atoms with Crippen molar-refractivity contribution in [1.82, 2.24) is 9.80 Å². The molecule has 1 amide bonds. The molecule has 1 saturated heterocycles. The maximum atomic E-state index is 12.5. The maximum Gasteiger partial charge on any atom is 0.406 e. The largest absolute Gasteiger partial charge is 0.406 e.